The molecule has 0 unspecified atom stereocenters. The lowest BCUT2D eigenvalue weighted by Crippen LogP contribution is -2.07. The van der Waals surface area contributed by atoms with E-state index >= 15 is 0 Å². The van der Waals surface area contributed by atoms with E-state index in [9.17, 15) is 4.79 Å². The van der Waals surface area contributed by atoms with Gasteiger partial charge in [-0.1, -0.05) is 13.3 Å². The Bertz CT molecular complexity index is 946. The van der Waals surface area contributed by atoms with Crippen LogP contribution < -0.4 is 0 Å². The van der Waals surface area contributed by atoms with Crippen molar-refractivity contribution in [3.8, 4) is 0 Å². The summed E-state index contributed by atoms with van der Waals surface area (Å²) < 4.78 is 10.8. The molecule has 3 rings (SSSR count). The third-order valence-corrected chi connectivity index (χ3v) is 5.11. The number of hydrogen-bond donors (Lipinski definition) is 2. The highest BCUT2D eigenvalue weighted by molar-refractivity contribution is 6.11. The number of carbonyl (C=O) groups is 1. The Morgan fingerprint density at radius 3 is 2.83 bits per heavy atom. The van der Waals surface area contributed by atoms with Gasteiger partial charge in [0.1, 0.15) is 11.5 Å². The van der Waals surface area contributed by atoms with Crippen molar-refractivity contribution >= 4 is 17.8 Å². The van der Waals surface area contributed by atoms with Crippen LogP contribution in [-0.4, -0.2) is 35.4 Å². The van der Waals surface area contributed by atoms with E-state index in [1.54, 1.807) is 7.11 Å². The number of rotatable bonds is 9. The molecule has 1 aliphatic heterocycles. The van der Waals surface area contributed by atoms with E-state index in [0.29, 0.717) is 19.4 Å². The number of aliphatic imine (C=N–C) groups is 1. The van der Waals surface area contributed by atoms with E-state index in [1.165, 1.54) is 0 Å². The number of aromatic nitrogens is 2. The number of H-pyrrole nitrogens is 2. The maximum absolute atomic E-state index is 11.9. The van der Waals surface area contributed by atoms with Gasteiger partial charge >= 0.3 is 5.97 Å². The van der Waals surface area contributed by atoms with Gasteiger partial charge < -0.3 is 19.4 Å². The minimum Gasteiger partial charge on any atom is -0.494 e. The van der Waals surface area contributed by atoms with E-state index in [1.807, 2.05) is 37.4 Å². The van der Waals surface area contributed by atoms with Crippen molar-refractivity contribution in [2.45, 2.75) is 46.5 Å². The second-order valence-corrected chi connectivity index (χ2v) is 7.16. The molecular weight excluding hydrogens is 366 g/mol. The Balaban J connectivity index is 1.76. The van der Waals surface area contributed by atoms with Crippen molar-refractivity contribution in [2.75, 3.05) is 13.7 Å². The second kappa shape index (κ2) is 9.45. The van der Waals surface area contributed by atoms with Crippen LogP contribution in [0.3, 0.4) is 0 Å². The second-order valence-electron chi connectivity index (χ2n) is 7.16. The normalized spacial score (nSPS) is 14.8. The van der Waals surface area contributed by atoms with Gasteiger partial charge in [-0.25, -0.2) is 4.99 Å². The van der Waals surface area contributed by atoms with E-state index in [-0.39, 0.29) is 5.97 Å². The number of allylic oxidation sites excluding steroid dienone is 1. The molecule has 154 valence electrons. The SMILES string of the molecule is CCCCOC(=O)CCc1c(C)[nH]c(/C=C2\N=C(c3ccc[nH]3)C=C2OC)c1C. The highest BCUT2D eigenvalue weighted by Crippen LogP contribution is 2.27. The predicted octanol–water partition coefficient (Wildman–Crippen LogP) is 4.61. The molecule has 6 nitrogen and oxygen atoms in total. The number of methoxy groups -OCH3 is 1. The Morgan fingerprint density at radius 1 is 1.31 bits per heavy atom. The summed E-state index contributed by atoms with van der Waals surface area (Å²) in [6.45, 7) is 6.68. The summed E-state index contributed by atoms with van der Waals surface area (Å²) in [5, 5.41) is 0. The Morgan fingerprint density at radius 2 is 2.14 bits per heavy atom. The zero-order chi connectivity index (χ0) is 20.8. The molecule has 0 radical (unpaired) electrons. The van der Waals surface area contributed by atoms with Gasteiger partial charge in [0.2, 0.25) is 0 Å². The standard InChI is InChI=1S/C23H29N3O3/c1-5-6-12-29-23(27)10-9-17-15(2)19(25-16(17)3)13-21-22(28-4)14-20(26-21)18-8-7-11-24-18/h7-8,11,13-14,24-25H,5-6,9-10,12H2,1-4H3/b21-13-. The van der Waals surface area contributed by atoms with E-state index in [4.69, 9.17) is 14.5 Å². The first-order chi connectivity index (χ1) is 14.0. The molecule has 1 aliphatic rings. The molecule has 0 aromatic carbocycles. The minimum atomic E-state index is -0.140. The van der Waals surface area contributed by atoms with E-state index in [2.05, 4.69) is 23.8 Å². The summed E-state index contributed by atoms with van der Waals surface area (Å²) in [6.07, 6.45) is 8.77. The van der Waals surface area contributed by atoms with Crippen LogP contribution in [0.15, 0.2) is 40.9 Å². The van der Waals surface area contributed by atoms with Crippen LogP contribution in [0, 0.1) is 13.8 Å². The largest absolute Gasteiger partial charge is 0.494 e. The van der Waals surface area contributed by atoms with Gasteiger partial charge in [0.25, 0.3) is 0 Å². The lowest BCUT2D eigenvalue weighted by molar-refractivity contribution is -0.143. The summed E-state index contributed by atoms with van der Waals surface area (Å²) in [7, 11) is 1.65. The van der Waals surface area contributed by atoms with E-state index < -0.39 is 0 Å². The molecule has 0 spiro atoms. The maximum atomic E-state index is 11.9. The molecule has 0 fully saturated rings. The van der Waals surface area contributed by atoms with Crippen LogP contribution in [0.1, 0.15) is 54.4 Å². The van der Waals surface area contributed by atoms with Crippen LogP contribution in [0.5, 0.6) is 0 Å². The van der Waals surface area contributed by atoms with Gasteiger partial charge in [-0.2, -0.15) is 0 Å². The summed E-state index contributed by atoms with van der Waals surface area (Å²) in [5.41, 5.74) is 6.87. The van der Waals surface area contributed by atoms with Gasteiger partial charge in [0, 0.05) is 30.1 Å². The quantitative estimate of drug-likeness (QED) is 0.481. The van der Waals surface area contributed by atoms with Gasteiger partial charge in [0.05, 0.1) is 25.1 Å². The lowest BCUT2D eigenvalue weighted by atomic mass is 10.0. The number of unbranched alkanes of at least 4 members (excludes halogenated alkanes) is 1. The molecule has 0 amide bonds. The van der Waals surface area contributed by atoms with Gasteiger partial charge in [0.15, 0.2) is 0 Å². The van der Waals surface area contributed by atoms with Crippen LogP contribution in [0.2, 0.25) is 0 Å². The summed E-state index contributed by atoms with van der Waals surface area (Å²) in [6, 6.07) is 3.92. The molecule has 0 saturated carbocycles. The minimum absolute atomic E-state index is 0.140. The average molecular weight is 396 g/mol. The molecule has 0 bridgehead atoms. The molecule has 2 aromatic heterocycles. The van der Waals surface area contributed by atoms with Gasteiger partial charge in [-0.15, -0.1) is 0 Å². The van der Waals surface area contributed by atoms with Crippen molar-refractivity contribution in [1.29, 1.82) is 0 Å². The van der Waals surface area contributed by atoms with Crippen LogP contribution in [0.4, 0.5) is 0 Å². The molecule has 3 heterocycles. The fraction of sp³-hybridized carbons (Fsp3) is 0.391. The molecule has 2 N–H and O–H groups in total. The lowest BCUT2D eigenvalue weighted by Gasteiger charge is -2.05. The summed E-state index contributed by atoms with van der Waals surface area (Å²) in [5.74, 6) is 0.584. The molecule has 0 saturated heterocycles. The zero-order valence-electron chi connectivity index (χ0n) is 17.6. The number of nitrogens with one attached hydrogen (secondary N) is 2. The van der Waals surface area contributed by atoms with Crippen molar-refractivity contribution in [3.63, 3.8) is 0 Å². The number of aryl methyl sites for hydroxylation is 1. The fourth-order valence-corrected chi connectivity index (χ4v) is 3.41. The van der Waals surface area contributed by atoms with Crippen molar-refractivity contribution in [2.24, 2.45) is 4.99 Å². The summed E-state index contributed by atoms with van der Waals surface area (Å²) >= 11 is 0. The van der Waals surface area contributed by atoms with Gasteiger partial charge in [-0.05, 0) is 56.0 Å². The molecular formula is C23H29N3O3. The maximum Gasteiger partial charge on any atom is 0.306 e. The topological polar surface area (TPSA) is 79.5 Å². The van der Waals surface area contributed by atoms with Crippen molar-refractivity contribution in [1.82, 2.24) is 9.97 Å². The summed E-state index contributed by atoms with van der Waals surface area (Å²) in [4.78, 5) is 23.2. The van der Waals surface area contributed by atoms with Crippen LogP contribution >= 0.6 is 0 Å². The first-order valence-corrected chi connectivity index (χ1v) is 10.1. The van der Waals surface area contributed by atoms with Crippen molar-refractivity contribution < 1.29 is 14.3 Å². The van der Waals surface area contributed by atoms with Crippen molar-refractivity contribution in [3.05, 3.63) is 64.1 Å². The highest BCUT2D eigenvalue weighted by atomic mass is 16.5. The number of aromatic amines is 2. The van der Waals surface area contributed by atoms with Crippen LogP contribution in [-0.2, 0) is 20.7 Å². The Hall–Kier alpha value is -3.02. The Labute approximate surface area is 171 Å². The average Bonchev–Trinajstić information content (AvgIpc) is 3.42. The molecule has 6 heteroatoms. The third-order valence-electron chi connectivity index (χ3n) is 5.11. The first-order valence-electron chi connectivity index (χ1n) is 10.1. The molecule has 29 heavy (non-hydrogen) atoms. The molecule has 0 aliphatic carbocycles. The predicted molar refractivity (Wildman–Crippen MR) is 115 cm³/mol. The Kier molecular flexibility index (Phi) is 6.75. The van der Waals surface area contributed by atoms with Crippen LogP contribution in [0.25, 0.3) is 6.08 Å². The highest BCUT2D eigenvalue weighted by Gasteiger charge is 2.19. The van der Waals surface area contributed by atoms with E-state index in [0.717, 1.165) is 58.2 Å². The number of nitrogens with zero attached hydrogens (tertiary/aromatic N) is 1. The number of carbonyl (C=O) groups excluding carboxylic acids is 1. The fourth-order valence-electron chi connectivity index (χ4n) is 3.41. The van der Waals surface area contributed by atoms with Gasteiger partial charge in [-0.3, -0.25) is 4.79 Å². The smallest absolute Gasteiger partial charge is 0.306 e. The number of ether oxygens (including phenoxy) is 2. The number of esters is 1. The molecule has 2 aromatic rings. The zero-order valence-corrected chi connectivity index (χ0v) is 17.6. The first kappa shape index (κ1) is 20.7. The third kappa shape index (κ3) is 4.88. The monoisotopic (exact) mass is 395 g/mol. The molecule has 0 atom stereocenters. The number of hydrogen-bond acceptors (Lipinski definition) is 4.